The summed E-state index contributed by atoms with van der Waals surface area (Å²) in [6.07, 6.45) is 0.634. The van der Waals surface area contributed by atoms with E-state index in [-0.39, 0.29) is 30.3 Å². The molecule has 10 heteroatoms. The van der Waals surface area contributed by atoms with Gasteiger partial charge in [0.2, 0.25) is 0 Å². The van der Waals surface area contributed by atoms with Crippen LogP contribution in [0, 0.1) is 5.41 Å². The van der Waals surface area contributed by atoms with E-state index in [2.05, 4.69) is 10.3 Å². The van der Waals surface area contributed by atoms with Crippen molar-refractivity contribution in [2.45, 2.75) is 6.42 Å². The summed E-state index contributed by atoms with van der Waals surface area (Å²) in [5.74, 6) is -0.817. The third kappa shape index (κ3) is 5.53. The van der Waals surface area contributed by atoms with Gasteiger partial charge >= 0.3 is 5.97 Å². The highest BCUT2D eigenvalue weighted by Gasteiger charge is 2.31. The number of halogens is 1. The van der Waals surface area contributed by atoms with Crippen molar-refractivity contribution in [3.8, 4) is 0 Å². The Bertz CT molecular complexity index is 1510. The number of esters is 1. The zero-order valence-corrected chi connectivity index (χ0v) is 21.7. The zero-order valence-electron chi connectivity index (χ0n) is 20.1. The molecule has 1 amide bonds. The second-order valence-electron chi connectivity index (χ2n) is 8.59. The summed E-state index contributed by atoms with van der Waals surface area (Å²) in [5, 5.41) is 23.2. The molecule has 1 aromatic heterocycles. The predicted molar refractivity (Wildman–Crippen MR) is 149 cm³/mol. The van der Waals surface area contributed by atoms with Crippen molar-refractivity contribution in [3.63, 3.8) is 0 Å². The molecule has 0 saturated heterocycles. The van der Waals surface area contributed by atoms with Crippen LogP contribution in [0.15, 0.2) is 78.6 Å². The highest BCUT2D eigenvalue weighted by molar-refractivity contribution is 7.19. The molecule has 2 heterocycles. The maximum atomic E-state index is 12.4. The van der Waals surface area contributed by atoms with Gasteiger partial charge < -0.3 is 20.1 Å². The summed E-state index contributed by atoms with van der Waals surface area (Å²) in [7, 11) is 0. The zero-order chi connectivity index (χ0) is 26.6. The Morgan fingerprint density at radius 2 is 1.82 bits per heavy atom. The van der Waals surface area contributed by atoms with Crippen molar-refractivity contribution in [2.75, 3.05) is 24.6 Å². The average Bonchev–Trinajstić information content (AvgIpc) is 3.48. The number of rotatable bonds is 8. The van der Waals surface area contributed by atoms with E-state index < -0.39 is 11.9 Å². The molecule has 3 N–H and O–H groups in total. The number of para-hydroxylation sites is 1. The van der Waals surface area contributed by atoms with Crippen LogP contribution in [0.5, 0.6) is 0 Å². The highest BCUT2D eigenvalue weighted by Crippen LogP contribution is 2.35. The lowest BCUT2D eigenvalue weighted by Crippen LogP contribution is -2.30. The van der Waals surface area contributed by atoms with Gasteiger partial charge in [0.1, 0.15) is 16.6 Å². The van der Waals surface area contributed by atoms with Crippen LogP contribution in [-0.4, -0.2) is 47.5 Å². The van der Waals surface area contributed by atoms with Crippen molar-refractivity contribution in [3.05, 3.63) is 99.7 Å². The monoisotopic (exact) mass is 546 g/mol. The van der Waals surface area contributed by atoms with Crippen molar-refractivity contribution >= 4 is 62.1 Å². The molecule has 0 fully saturated rings. The van der Waals surface area contributed by atoms with Crippen LogP contribution in [0.2, 0.25) is 5.02 Å². The van der Waals surface area contributed by atoms with Crippen LogP contribution < -0.4 is 10.2 Å². The number of nitrogens with zero attached hydrogens (tertiary/aromatic N) is 2. The minimum absolute atomic E-state index is 0.0691. The molecular formula is C28H23ClN4O4S. The Balaban J connectivity index is 1.14. The Kier molecular flexibility index (Phi) is 7.39. The number of amides is 1. The highest BCUT2D eigenvalue weighted by atomic mass is 35.5. The molecule has 8 nitrogen and oxygen atoms in total. The van der Waals surface area contributed by atoms with E-state index in [1.54, 1.807) is 41.3 Å². The quantitative estimate of drug-likeness (QED) is 0.261. The fraction of sp³-hybridized carbons (Fsp3) is 0.143. The van der Waals surface area contributed by atoms with E-state index in [4.69, 9.17) is 21.7 Å². The Labute approximate surface area is 227 Å². The van der Waals surface area contributed by atoms with Gasteiger partial charge in [-0.3, -0.25) is 10.2 Å². The smallest absolute Gasteiger partial charge is 0.338 e. The molecule has 0 radical (unpaired) electrons. The summed E-state index contributed by atoms with van der Waals surface area (Å²) in [5.41, 5.74) is 3.16. The number of aromatic nitrogens is 1. The van der Waals surface area contributed by atoms with E-state index in [1.165, 1.54) is 11.3 Å². The van der Waals surface area contributed by atoms with E-state index in [9.17, 15) is 14.7 Å². The minimum Gasteiger partial charge on any atom is -0.510 e. The molecule has 192 valence electrons. The third-order valence-corrected chi connectivity index (χ3v) is 7.31. The maximum Gasteiger partial charge on any atom is 0.338 e. The summed E-state index contributed by atoms with van der Waals surface area (Å²) in [4.78, 5) is 30.7. The van der Waals surface area contributed by atoms with E-state index >= 15 is 0 Å². The molecule has 5 rings (SSSR count). The molecule has 4 aromatic rings. The number of aliphatic hydroxyl groups is 1. The number of hydrogen-bond donors (Lipinski definition) is 3. The fourth-order valence-electron chi connectivity index (χ4n) is 4.04. The molecule has 0 aliphatic carbocycles. The van der Waals surface area contributed by atoms with Crippen LogP contribution in [0.1, 0.15) is 20.9 Å². The Morgan fingerprint density at radius 1 is 1.08 bits per heavy atom. The van der Waals surface area contributed by atoms with Gasteiger partial charge in [0.25, 0.3) is 5.91 Å². The first-order valence-corrected chi connectivity index (χ1v) is 13.0. The molecule has 3 aromatic carbocycles. The normalized spacial score (nSPS) is 13.3. The van der Waals surface area contributed by atoms with Gasteiger partial charge in [-0.2, -0.15) is 0 Å². The number of benzene rings is 3. The van der Waals surface area contributed by atoms with E-state index in [1.807, 2.05) is 36.4 Å². The van der Waals surface area contributed by atoms with Crippen LogP contribution in [0.3, 0.4) is 0 Å². The lowest BCUT2D eigenvalue weighted by molar-refractivity contribution is -0.124. The molecular weight excluding hydrogens is 524 g/mol. The molecule has 0 saturated carbocycles. The standard InChI is InChI=1S/C28H23ClN4O4S/c29-19-9-5-17(6-10-19)13-14-31-24(35)16-37-28(36)18-7-11-20(12-8-18)33-15-22(34)25(26(33)30)27-32-21-3-1-2-4-23(21)38-27/h1-12,30,34H,13-16H2,(H,31,35). The number of amidine groups is 1. The van der Waals surface area contributed by atoms with Crippen molar-refractivity contribution in [1.82, 2.24) is 10.3 Å². The number of hydrogen-bond acceptors (Lipinski definition) is 7. The number of thiazole rings is 1. The first-order valence-electron chi connectivity index (χ1n) is 11.8. The minimum atomic E-state index is -0.628. The molecule has 0 spiro atoms. The molecule has 0 unspecified atom stereocenters. The number of carbonyl (C=O) groups excluding carboxylic acids is 2. The molecule has 1 aliphatic rings. The number of nitrogens with one attached hydrogen (secondary N) is 2. The summed E-state index contributed by atoms with van der Waals surface area (Å²) in [6.45, 7) is 0.153. The van der Waals surface area contributed by atoms with Crippen LogP contribution >= 0.6 is 22.9 Å². The fourth-order valence-corrected chi connectivity index (χ4v) is 5.20. The van der Waals surface area contributed by atoms with Gasteiger partial charge in [0, 0.05) is 17.3 Å². The summed E-state index contributed by atoms with van der Waals surface area (Å²) in [6, 6.07) is 21.5. The average molecular weight is 547 g/mol. The summed E-state index contributed by atoms with van der Waals surface area (Å²) >= 11 is 7.29. The van der Waals surface area contributed by atoms with Crippen molar-refractivity contribution < 1.29 is 19.4 Å². The lowest BCUT2D eigenvalue weighted by atomic mass is 10.1. The Morgan fingerprint density at radius 3 is 2.55 bits per heavy atom. The van der Waals surface area contributed by atoms with Crippen LogP contribution in [0.4, 0.5) is 5.69 Å². The van der Waals surface area contributed by atoms with Crippen LogP contribution in [0.25, 0.3) is 15.8 Å². The van der Waals surface area contributed by atoms with Gasteiger partial charge in [0.15, 0.2) is 6.61 Å². The molecule has 0 atom stereocenters. The molecule has 38 heavy (non-hydrogen) atoms. The number of fused-ring (bicyclic) bond motifs is 1. The van der Waals surface area contributed by atoms with E-state index in [0.717, 1.165) is 15.8 Å². The number of carbonyl (C=O) groups is 2. The topological polar surface area (TPSA) is 116 Å². The van der Waals surface area contributed by atoms with Gasteiger partial charge in [0.05, 0.1) is 27.9 Å². The first kappa shape index (κ1) is 25.4. The SMILES string of the molecule is N=C1C(c2nc3ccccc3s2)=C(O)CN1c1ccc(C(=O)OCC(=O)NCCc2ccc(Cl)cc2)cc1. The second-order valence-corrected chi connectivity index (χ2v) is 10.1. The number of aliphatic hydroxyl groups excluding tert-OH is 1. The molecule has 0 bridgehead atoms. The van der Waals surface area contributed by atoms with E-state index in [0.29, 0.717) is 34.3 Å². The maximum absolute atomic E-state index is 12.4. The van der Waals surface area contributed by atoms with Crippen LogP contribution in [-0.2, 0) is 16.0 Å². The molecule has 1 aliphatic heterocycles. The third-order valence-electron chi connectivity index (χ3n) is 6.01. The number of ether oxygens (including phenoxy) is 1. The first-order chi connectivity index (χ1) is 18.4. The van der Waals surface area contributed by atoms with Crippen molar-refractivity contribution in [1.29, 1.82) is 5.41 Å². The Hall–Kier alpha value is -4.21. The second kappa shape index (κ2) is 11.0. The van der Waals surface area contributed by atoms with Gasteiger partial charge in [-0.25, -0.2) is 9.78 Å². The van der Waals surface area contributed by atoms with Gasteiger partial charge in [-0.15, -0.1) is 11.3 Å². The largest absolute Gasteiger partial charge is 0.510 e. The van der Waals surface area contributed by atoms with Gasteiger partial charge in [-0.05, 0) is 60.5 Å². The van der Waals surface area contributed by atoms with Gasteiger partial charge in [-0.1, -0.05) is 35.9 Å². The lowest BCUT2D eigenvalue weighted by Gasteiger charge is -2.18. The van der Waals surface area contributed by atoms with Crippen molar-refractivity contribution in [2.24, 2.45) is 0 Å². The summed E-state index contributed by atoms with van der Waals surface area (Å²) < 4.78 is 6.12. The number of anilines is 1. The predicted octanol–water partition coefficient (Wildman–Crippen LogP) is 5.23.